The average Bonchev–Trinajstić information content (AvgIpc) is 3.23. The third kappa shape index (κ3) is 5.47. The van der Waals surface area contributed by atoms with E-state index in [0.717, 1.165) is 38.9 Å². The lowest BCUT2D eigenvalue weighted by Crippen LogP contribution is -2.43. The lowest BCUT2D eigenvalue weighted by Gasteiger charge is -2.23. The maximum Gasteiger partial charge on any atom is 0.325 e. The van der Waals surface area contributed by atoms with Crippen LogP contribution in [0, 0.1) is 5.92 Å². The first-order chi connectivity index (χ1) is 9.29. The van der Waals surface area contributed by atoms with Crippen molar-refractivity contribution in [3.05, 3.63) is 0 Å². The van der Waals surface area contributed by atoms with Gasteiger partial charge in [0.1, 0.15) is 6.04 Å². The number of ether oxygens (including phenoxy) is 3. The largest absolute Gasteiger partial charge is 0.465 e. The van der Waals surface area contributed by atoms with E-state index in [1.807, 2.05) is 6.92 Å². The summed E-state index contributed by atoms with van der Waals surface area (Å²) >= 11 is 0. The summed E-state index contributed by atoms with van der Waals surface area (Å²) in [5.41, 5.74) is 0. The van der Waals surface area contributed by atoms with Gasteiger partial charge < -0.3 is 14.2 Å². The second-order valence-electron chi connectivity index (χ2n) is 5.34. The van der Waals surface area contributed by atoms with Gasteiger partial charge in [-0.05, 0) is 38.5 Å². The van der Waals surface area contributed by atoms with E-state index in [9.17, 15) is 4.79 Å². The molecule has 1 atom stereocenters. The Morgan fingerprint density at radius 2 is 2.05 bits per heavy atom. The number of esters is 1. The minimum absolute atomic E-state index is 0.193. The molecule has 2 aliphatic rings. The van der Waals surface area contributed by atoms with Crippen molar-refractivity contribution in [1.82, 2.24) is 5.32 Å². The van der Waals surface area contributed by atoms with Crippen LogP contribution < -0.4 is 5.32 Å². The molecule has 1 N–H and O–H groups in total. The molecule has 0 spiro atoms. The Hall–Kier alpha value is -0.650. The van der Waals surface area contributed by atoms with Crippen LogP contribution in [0.2, 0.25) is 0 Å². The van der Waals surface area contributed by atoms with Gasteiger partial charge >= 0.3 is 5.97 Å². The molecule has 1 aliphatic heterocycles. The van der Waals surface area contributed by atoms with Crippen molar-refractivity contribution < 1.29 is 19.0 Å². The van der Waals surface area contributed by atoms with Gasteiger partial charge in [0.25, 0.3) is 0 Å². The van der Waals surface area contributed by atoms with Gasteiger partial charge in [-0.1, -0.05) is 0 Å². The smallest absolute Gasteiger partial charge is 0.325 e. The van der Waals surface area contributed by atoms with E-state index in [1.54, 1.807) is 0 Å². The minimum Gasteiger partial charge on any atom is -0.465 e. The molecule has 0 aromatic heterocycles. The third-order valence-corrected chi connectivity index (χ3v) is 3.56. The van der Waals surface area contributed by atoms with Gasteiger partial charge in [0.05, 0.1) is 13.2 Å². The van der Waals surface area contributed by atoms with Crippen molar-refractivity contribution in [2.75, 3.05) is 33.0 Å². The summed E-state index contributed by atoms with van der Waals surface area (Å²) in [6.45, 7) is 5.03. The molecule has 110 valence electrons. The molecule has 2 fully saturated rings. The van der Waals surface area contributed by atoms with E-state index in [4.69, 9.17) is 14.2 Å². The zero-order valence-corrected chi connectivity index (χ0v) is 11.7. The van der Waals surface area contributed by atoms with Gasteiger partial charge in [0.2, 0.25) is 0 Å². The molecule has 1 heterocycles. The molecule has 5 heteroatoms. The van der Waals surface area contributed by atoms with E-state index >= 15 is 0 Å². The van der Waals surface area contributed by atoms with Gasteiger partial charge in [-0.2, -0.15) is 0 Å². The molecule has 1 saturated carbocycles. The standard InChI is InChI=1S/C14H25NO4/c1-2-19-14(16)13(15-12-3-4-12)10-18-9-11-5-7-17-8-6-11/h11-13,15H,2-10H2,1H3. The maximum atomic E-state index is 11.8. The van der Waals surface area contributed by atoms with Crippen molar-refractivity contribution in [1.29, 1.82) is 0 Å². The van der Waals surface area contributed by atoms with E-state index in [-0.39, 0.29) is 12.0 Å². The molecular formula is C14H25NO4. The monoisotopic (exact) mass is 271 g/mol. The van der Waals surface area contributed by atoms with Gasteiger partial charge in [-0.25, -0.2) is 0 Å². The maximum absolute atomic E-state index is 11.8. The number of hydrogen-bond acceptors (Lipinski definition) is 5. The second-order valence-corrected chi connectivity index (χ2v) is 5.34. The third-order valence-electron chi connectivity index (χ3n) is 3.56. The molecule has 0 aromatic rings. The Labute approximate surface area is 115 Å². The van der Waals surface area contributed by atoms with Gasteiger partial charge in [-0.15, -0.1) is 0 Å². The van der Waals surface area contributed by atoms with Gasteiger partial charge in [0, 0.05) is 25.9 Å². The fourth-order valence-electron chi connectivity index (χ4n) is 2.23. The summed E-state index contributed by atoms with van der Waals surface area (Å²) in [5, 5.41) is 3.29. The number of hydrogen-bond donors (Lipinski definition) is 1. The van der Waals surface area contributed by atoms with E-state index < -0.39 is 0 Å². The molecule has 5 nitrogen and oxygen atoms in total. The predicted molar refractivity (Wildman–Crippen MR) is 70.9 cm³/mol. The Morgan fingerprint density at radius 3 is 2.68 bits per heavy atom. The predicted octanol–water partition coefficient (Wildman–Crippen LogP) is 1.11. The fourth-order valence-corrected chi connectivity index (χ4v) is 2.23. The molecule has 2 rings (SSSR count). The van der Waals surface area contributed by atoms with Crippen LogP contribution in [-0.4, -0.2) is 51.1 Å². The first-order valence-corrected chi connectivity index (χ1v) is 7.37. The van der Waals surface area contributed by atoms with Crippen LogP contribution in [0.1, 0.15) is 32.6 Å². The van der Waals surface area contributed by atoms with Crippen LogP contribution in [0.25, 0.3) is 0 Å². The molecular weight excluding hydrogens is 246 g/mol. The molecule has 1 saturated heterocycles. The second kappa shape index (κ2) is 7.82. The lowest BCUT2D eigenvalue weighted by molar-refractivity contribution is -0.147. The summed E-state index contributed by atoms with van der Waals surface area (Å²) in [7, 11) is 0. The van der Waals surface area contributed by atoms with Crippen molar-refractivity contribution in [3.8, 4) is 0 Å². The molecule has 0 bridgehead atoms. The summed E-state index contributed by atoms with van der Waals surface area (Å²) < 4.78 is 16.1. The quantitative estimate of drug-likeness (QED) is 0.670. The summed E-state index contributed by atoms with van der Waals surface area (Å²) in [6, 6.07) is 0.161. The first-order valence-electron chi connectivity index (χ1n) is 7.37. The molecule has 19 heavy (non-hydrogen) atoms. The Morgan fingerprint density at radius 1 is 1.32 bits per heavy atom. The lowest BCUT2D eigenvalue weighted by atomic mass is 10.0. The zero-order valence-electron chi connectivity index (χ0n) is 11.7. The SMILES string of the molecule is CCOC(=O)C(COCC1CCOCC1)NC1CC1. The number of nitrogens with one attached hydrogen (secondary N) is 1. The van der Waals surface area contributed by atoms with Crippen LogP contribution in [-0.2, 0) is 19.0 Å². The Bertz CT molecular complexity index is 275. The molecule has 1 aliphatic carbocycles. The van der Waals surface area contributed by atoms with Crippen LogP contribution in [0.5, 0.6) is 0 Å². The topological polar surface area (TPSA) is 56.8 Å². The van der Waals surface area contributed by atoms with Gasteiger partial charge in [-0.3, -0.25) is 10.1 Å². The highest BCUT2D eigenvalue weighted by atomic mass is 16.5. The Kier molecular flexibility index (Phi) is 6.07. The van der Waals surface area contributed by atoms with E-state index in [2.05, 4.69) is 5.32 Å². The average molecular weight is 271 g/mol. The van der Waals surface area contributed by atoms with Crippen molar-refractivity contribution in [3.63, 3.8) is 0 Å². The van der Waals surface area contributed by atoms with Crippen molar-refractivity contribution in [2.24, 2.45) is 5.92 Å². The van der Waals surface area contributed by atoms with Crippen LogP contribution in [0.3, 0.4) is 0 Å². The number of carbonyl (C=O) groups is 1. The highest BCUT2D eigenvalue weighted by molar-refractivity contribution is 5.76. The normalized spacial score (nSPS) is 22.2. The summed E-state index contributed by atoms with van der Waals surface area (Å²) in [4.78, 5) is 11.8. The molecule has 1 unspecified atom stereocenters. The van der Waals surface area contributed by atoms with Crippen LogP contribution in [0.4, 0.5) is 0 Å². The number of rotatable bonds is 8. The Balaban J connectivity index is 1.67. The molecule has 0 aromatic carbocycles. The molecule has 0 amide bonds. The fraction of sp³-hybridized carbons (Fsp3) is 0.929. The molecule has 0 radical (unpaired) electrons. The minimum atomic E-state index is -0.313. The van der Waals surface area contributed by atoms with Gasteiger partial charge in [0.15, 0.2) is 0 Å². The summed E-state index contributed by atoms with van der Waals surface area (Å²) in [6.07, 6.45) is 4.41. The first kappa shape index (κ1) is 14.8. The number of carbonyl (C=O) groups excluding carboxylic acids is 1. The van der Waals surface area contributed by atoms with Crippen molar-refractivity contribution in [2.45, 2.75) is 44.7 Å². The van der Waals surface area contributed by atoms with E-state index in [1.165, 1.54) is 0 Å². The highest BCUT2D eigenvalue weighted by Gasteiger charge is 2.29. The van der Waals surface area contributed by atoms with Crippen LogP contribution >= 0.6 is 0 Å². The highest BCUT2D eigenvalue weighted by Crippen LogP contribution is 2.20. The van der Waals surface area contributed by atoms with Crippen molar-refractivity contribution >= 4 is 5.97 Å². The van der Waals surface area contributed by atoms with Crippen LogP contribution in [0.15, 0.2) is 0 Å². The van der Waals surface area contributed by atoms with E-state index in [0.29, 0.717) is 31.8 Å². The zero-order chi connectivity index (χ0) is 13.5. The summed E-state index contributed by atoms with van der Waals surface area (Å²) in [5.74, 6) is 0.374.